The second-order valence-corrected chi connectivity index (χ2v) is 7.40. The number of carbonyl (C=O) groups is 1. The normalized spacial score (nSPS) is 13.9. The van der Waals surface area contributed by atoms with Crippen LogP contribution in [0.15, 0.2) is 83.7 Å². The lowest BCUT2D eigenvalue weighted by Crippen LogP contribution is -2.44. The first-order chi connectivity index (χ1) is 14.6. The Bertz CT molecular complexity index is 869. The molecule has 6 heteroatoms. The van der Waals surface area contributed by atoms with Gasteiger partial charge in [-0.2, -0.15) is 0 Å². The van der Waals surface area contributed by atoms with E-state index in [2.05, 4.69) is 5.32 Å². The first kappa shape index (κ1) is 21.6. The van der Waals surface area contributed by atoms with Gasteiger partial charge in [0.25, 0.3) is 0 Å². The van der Waals surface area contributed by atoms with Crippen molar-refractivity contribution in [2.75, 3.05) is 0 Å². The number of rotatable bonds is 10. The molecule has 158 valence electrons. The van der Waals surface area contributed by atoms with Gasteiger partial charge in [-0.15, -0.1) is 0 Å². The Balaban J connectivity index is 1.58. The fourth-order valence-electron chi connectivity index (χ4n) is 3.31. The number of furan rings is 1. The highest BCUT2D eigenvalue weighted by Crippen LogP contribution is 2.13. The second-order valence-electron chi connectivity index (χ2n) is 7.40. The maximum atomic E-state index is 12.3. The summed E-state index contributed by atoms with van der Waals surface area (Å²) < 4.78 is 10.2. The van der Waals surface area contributed by atoms with E-state index in [4.69, 9.17) is 14.9 Å². The first-order valence-electron chi connectivity index (χ1n) is 10.1. The number of hydrogen-bond acceptors (Lipinski definition) is 5. The van der Waals surface area contributed by atoms with Crippen molar-refractivity contribution in [2.24, 2.45) is 5.73 Å². The van der Waals surface area contributed by atoms with Gasteiger partial charge in [-0.1, -0.05) is 60.7 Å². The van der Waals surface area contributed by atoms with Gasteiger partial charge in [0.1, 0.15) is 6.61 Å². The average molecular weight is 408 g/mol. The van der Waals surface area contributed by atoms with E-state index >= 15 is 0 Å². The molecule has 30 heavy (non-hydrogen) atoms. The van der Waals surface area contributed by atoms with E-state index in [1.807, 2.05) is 60.7 Å². The first-order valence-corrected chi connectivity index (χ1v) is 10.1. The molecular weight excluding hydrogens is 380 g/mol. The molecule has 3 aromatic rings. The molecule has 6 nitrogen and oxygen atoms in total. The van der Waals surface area contributed by atoms with Crippen molar-refractivity contribution in [3.63, 3.8) is 0 Å². The standard InChI is InChI=1S/C24H28N2O4/c25-22(14-19-9-5-2-6-10-19)23(27)15-21(13-18-7-3-1-4-8-18)26-24(28)30-17-20-11-12-29-16-20/h1-12,16,21-23,27H,13-15,17,25H2,(H,26,28)/t21-,22-,23-/m0/s1. The molecule has 0 saturated carbocycles. The third-order valence-corrected chi connectivity index (χ3v) is 4.93. The predicted molar refractivity (Wildman–Crippen MR) is 115 cm³/mol. The number of aliphatic hydroxyl groups excluding tert-OH is 1. The molecule has 0 fully saturated rings. The molecule has 1 aromatic heterocycles. The third kappa shape index (κ3) is 7.06. The number of benzene rings is 2. The van der Waals surface area contributed by atoms with Crippen LogP contribution in [0, 0.1) is 0 Å². The van der Waals surface area contributed by atoms with E-state index < -0.39 is 18.2 Å². The quantitative estimate of drug-likeness (QED) is 0.477. The molecule has 0 spiro atoms. The van der Waals surface area contributed by atoms with Crippen molar-refractivity contribution in [3.8, 4) is 0 Å². The molecule has 0 saturated heterocycles. The smallest absolute Gasteiger partial charge is 0.407 e. The van der Waals surface area contributed by atoms with Gasteiger partial charge in [0.05, 0.1) is 18.6 Å². The lowest BCUT2D eigenvalue weighted by Gasteiger charge is -2.25. The van der Waals surface area contributed by atoms with Crippen molar-refractivity contribution < 1.29 is 19.1 Å². The van der Waals surface area contributed by atoms with Crippen LogP contribution in [0.1, 0.15) is 23.1 Å². The molecule has 4 N–H and O–H groups in total. The summed E-state index contributed by atoms with van der Waals surface area (Å²) in [6.07, 6.45) is 3.19. The summed E-state index contributed by atoms with van der Waals surface area (Å²) in [6.45, 7) is 0.121. The SMILES string of the molecule is N[C@@H](Cc1ccccc1)[C@@H](O)C[C@H](Cc1ccccc1)NC(=O)OCc1ccoc1. The summed E-state index contributed by atoms with van der Waals surface area (Å²) in [5, 5.41) is 13.6. The van der Waals surface area contributed by atoms with Crippen molar-refractivity contribution in [1.29, 1.82) is 0 Å². The zero-order chi connectivity index (χ0) is 21.2. The van der Waals surface area contributed by atoms with Gasteiger partial charge in [-0.3, -0.25) is 0 Å². The van der Waals surface area contributed by atoms with Crippen molar-refractivity contribution in [1.82, 2.24) is 5.32 Å². The summed E-state index contributed by atoms with van der Waals surface area (Å²) in [5.41, 5.74) is 9.14. The van der Waals surface area contributed by atoms with Crippen LogP contribution in [-0.4, -0.2) is 29.4 Å². The molecule has 0 aliphatic heterocycles. The van der Waals surface area contributed by atoms with Gasteiger partial charge in [0.2, 0.25) is 0 Å². The molecule has 0 unspecified atom stereocenters. The lowest BCUT2D eigenvalue weighted by atomic mass is 9.94. The van der Waals surface area contributed by atoms with Crippen LogP contribution in [0.5, 0.6) is 0 Å². The zero-order valence-corrected chi connectivity index (χ0v) is 16.8. The number of carbonyl (C=O) groups excluding carboxylic acids is 1. The Kier molecular flexibility index (Phi) is 8.06. The monoisotopic (exact) mass is 408 g/mol. The van der Waals surface area contributed by atoms with Crippen molar-refractivity contribution in [2.45, 2.75) is 44.1 Å². The van der Waals surface area contributed by atoms with Gasteiger partial charge < -0.3 is 25.3 Å². The summed E-state index contributed by atoms with van der Waals surface area (Å²) in [7, 11) is 0. The Morgan fingerprint density at radius 3 is 2.20 bits per heavy atom. The zero-order valence-electron chi connectivity index (χ0n) is 16.8. The molecule has 1 amide bonds. The molecular formula is C24H28N2O4. The number of nitrogens with one attached hydrogen (secondary N) is 1. The van der Waals surface area contributed by atoms with Crippen molar-refractivity contribution >= 4 is 6.09 Å². The molecule has 0 aliphatic carbocycles. The Morgan fingerprint density at radius 1 is 0.967 bits per heavy atom. The van der Waals surface area contributed by atoms with E-state index in [0.717, 1.165) is 16.7 Å². The number of hydrogen-bond donors (Lipinski definition) is 3. The number of alkyl carbamates (subject to hydrolysis) is 1. The van der Waals surface area contributed by atoms with E-state index in [0.29, 0.717) is 19.3 Å². The second kappa shape index (κ2) is 11.2. The van der Waals surface area contributed by atoms with Crippen LogP contribution < -0.4 is 11.1 Å². The van der Waals surface area contributed by atoms with Crippen LogP contribution >= 0.6 is 0 Å². The summed E-state index contributed by atoms with van der Waals surface area (Å²) in [5.74, 6) is 0. The fraction of sp³-hybridized carbons (Fsp3) is 0.292. The number of amides is 1. The maximum Gasteiger partial charge on any atom is 0.407 e. The highest BCUT2D eigenvalue weighted by molar-refractivity contribution is 5.67. The molecule has 0 radical (unpaired) electrons. The summed E-state index contributed by atoms with van der Waals surface area (Å²) >= 11 is 0. The molecule has 0 aliphatic rings. The van der Waals surface area contributed by atoms with Crippen molar-refractivity contribution in [3.05, 3.63) is 95.9 Å². The van der Waals surface area contributed by atoms with Gasteiger partial charge >= 0.3 is 6.09 Å². The topological polar surface area (TPSA) is 97.7 Å². The van der Waals surface area contributed by atoms with E-state index in [-0.39, 0.29) is 12.6 Å². The predicted octanol–water partition coefficient (Wildman–Crippen LogP) is 3.44. The van der Waals surface area contributed by atoms with Crippen LogP contribution in [0.3, 0.4) is 0 Å². The molecule has 0 bridgehead atoms. The van der Waals surface area contributed by atoms with E-state index in [9.17, 15) is 9.90 Å². The average Bonchev–Trinajstić information content (AvgIpc) is 3.27. The highest BCUT2D eigenvalue weighted by atomic mass is 16.5. The molecule has 1 heterocycles. The van der Waals surface area contributed by atoms with Gasteiger partial charge in [0, 0.05) is 17.6 Å². The molecule has 2 aromatic carbocycles. The lowest BCUT2D eigenvalue weighted by molar-refractivity contribution is 0.109. The third-order valence-electron chi connectivity index (χ3n) is 4.93. The minimum atomic E-state index is -0.770. The molecule has 3 rings (SSSR count). The van der Waals surface area contributed by atoms with E-state index in [1.165, 1.54) is 12.5 Å². The highest BCUT2D eigenvalue weighted by Gasteiger charge is 2.23. The number of aliphatic hydroxyl groups is 1. The van der Waals surface area contributed by atoms with Crippen LogP contribution in [0.4, 0.5) is 4.79 Å². The fourth-order valence-corrected chi connectivity index (χ4v) is 3.31. The van der Waals surface area contributed by atoms with Crippen LogP contribution in [0.25, 0.3) is 0 Å². The summed E-state index contributed by atoms with van der Waals surface area (Å²) in [4.78, 5) is 12.3. The Labute approximate surface area is 176 Å². The number of ether oxygens (including phenoxy) is 1. The summed E-state index contributed by atoms with van der Waals surface area (Å²) in [6, 6.07) is 20.6. The van der Waals surface area contributed by atoms with Crippen LogP contribution in [0.2, 0.25) is 0 Å². The largest absolute Gasteiger partial charge is 0.472 e. The van der Waals surface area contributed by atoms with Gasteiger partial charge in [0.15, 0.2) is 0 Å². The number of nitrogens with two attached hydrogens (primary N) is 1. The maximum absolute atomic E-state index is 12.3. The Hall–Kier alpha value is -3.09. The van der Waals surface area contributed by atoms with Gasteiger partial charge in [-0.05, 0) is 36.5 Å². The Morgan fingerprint density at radius 2 is 1.60 bits per heavy atom. The van der Waals surface area contributed by atoms with E-state index in [1.54, 1.807) is 6.07 Å². The minimum Gasteiger partial charge on any atom is -0.472 e. The molecule has 3 atom stereocenters. The van der Waals surface area contributed by atoms with Crippen LogP contribution in [-0.2, 0) is 24.2 Å². The van der Waals surface area contributed by atoms with Gasteiger partial charge in [-0.25, -0.2) is 4.79 Å². The minimum absolute atomic E-state index is 0.121.